The number of carbonyl (C=O) groups is 3. The average Bonchev–Trinajstić information content (AvgIpc) is 3.26. The van der Waals surface area contributed by atoms with Gasteiger partial charge < -0.3 is 15.0 Å². The third kappa shape index (κ3) is 4.18. The Bertz CT molecular complexity index is 703. The van der Waals surface area contributed by atoms with Crippen molar-refractivity contribution in [2.75, 3.05) is 11.9 Å². The maximum Gasteiger partial charge on any atom is 0.312 e. The van der Waals surface area contributed by atoms with Crippen molar-refractivity contribution in [3.8, 4) is 0 Å². The number of nitrogens with one attached hydrogen (secondary N) is 1. The lowest BCUT2D eigenvalue weighted by molar-refractivity contribution is -0.157. The van der Waals surface area contributed by atoms with Crippen molar-refractivity contribution in [1.82, 2.24) is 4.90 Å². The number of nitrogens with zero attached hydrogens (tertiary/aromatic N) is 1. The highest BCUT2D eigenvalue weighted by molar-refractivity contribution is 6.33. The van der Waals surface area contributed by atoms with Crippen molar-refractivity contribution in [1.29, 1.82) is 0 Å². The zero-order chi connectivity index (χ0) is 18.7. The van der Waals surface area contributed by atoms with Gasteiger partial charge >= 0.3 is 5.97 Å². The van der Waals surface area contributed by atoms with E-state index in [1.165, 1.54) is 6.92 Å². The van der Waals surface area contributed by atoms with Gasteiger partial charge in [0.15, 0.2) is 6.10 Å². The van der Waals surface area contributed by atoms with Crippen LogP contribution >= 0.6 is 11.6 Å². The number of carbonyl (C=O) groups excluding carboxylic acids is 3. The zero-order valence-corrected chi connectivity index (χ0v) is 15.5. The molecular formula is C19H23ClN2O4. The van der Waals surface area contributed by atoms with Gasteiger partial charge in [0, 0.05) is 19.0 Å². The Morgan fingerprint density at radius 1 is 1.27 bits per heavy atom. The van der Waals surface area contributed by atoms with Gasteiger partial charge in [-0.25, -0.2) is 0 Å². The smallest absolute Gasteiger partial charge is 0.312 e. The minimum atomic E-state index is -0.964. The molecule has 1 N–H and O–H groups in total. The predicted octanol–water partition coefficient (Wildman–Crippen LogP) is 3.00. The van der Waals surface area contributed by atoms with Gasteiger partial charge in [-0.1, -0.05) is 36.6 Å². The summed E-state index contributed by atoms with van der Waals surface area (Å²) in [5.41, 5.74) is 0.463. The Labute approximate surface area is 157 Å². The molecule has 2 fully saturated rings. The molecule has 2 atom stereocenters. The van der Waals surface area contributed by atoms with Gasteiger partial charge in [-0.3, -0.25) is 14.4 Å². The van der Waals surface area contributed by atoms with E-state index < -0.39 is 23.9 Å². The molecule has 7 heteroatoms. The maximum absolute atomic E-state index is 12.4. The Morgan fingerprint density at radius 2 is 1.96 bits per heavy atom. The van der Waals surface area contributed by atoms with Crippen LogP contribution in [0, 0.1) is 5.92 Å². The summed E-state index contributed by atoms with van der Waals surface area (Å²) in [6, 6.07) is 7.09. The number of anilines is 1. The lowest BCUT2D eigenvalue weighted by Gasteiger charge is -2.24. The molecule has 0 radical (unpaired) electrons. The Hall–Kier alpha value is -2.08. The van der Waals surface area contributed by atoms with Gasteiger partial charge in [-0.05, 0) is 31.9 Å². The van der Waals surface area contributed by atoms with Crippen molar-refractivity contribution < 1.29 is 19.1 Å². The van der Waals surface area contributed by atoms with Crippen LogP contribution in [-0.2, 0) is 19.1 Å². The summed E-state index contributed by atoms with van der Waals surface area (Å²) in [6.45, 7) is 1.90. The van der Waals surface area contributed by atoms with E-state index >= 15 is 0 Å². The van der Waals surface area contributed by atoms with E-state index in [9.17, 15) is 14.4 Å². The molecule has 140 valence electrons. The second kappa shape index (κ2) is 8.08. The highest BCUT2D eigenvalue weighted by Gasteiger charge is 2.40. The maximum atomic E-state index is 12.4. The molecule has 1 saturated carbocycles. The lowest BCUT2D eigenvalue weighted by Crippen LogP contribution is -2.36. The minimum absolute atomic E-state index is 0.00650. The Morgan fingerprint density at radius 3 is 2.65 bits per heavy atom. The molecule has 1 aromatic carbocycles. The zero-order valence-electron chi connectivity index (χ0n) is 14.7. The van der Waals surface area contributed by atoms with Crippen LogP contribution in [0.4, 0.5) is 5.69 Å². The van der Waals surface area contributed by atoms with Crippen LogP contribution in [0.5, 0.6) is 0 Å². The molecule has 1 aliphatic heterocycles. The summed E-state index contributed by atoms with van der Waals surface area (Å²) in [6.07, 6.45) is 3.46. The highest BCUT2D eigenvalue weighted by atomic mass is 35.5. The number of para-hydroxylation sites is 1. The quantitative estimate of drug-likeness (QED) is 0.799. The SMILES string of the molecule is C[C@H](OC(=O)[C@@H]1CC(=O)N(C2CCCC2)C1)C(=O)Nc1ccccc1Cl. The fourth-order valence-corrected chi connectivity index (χ4v) is 3.76. The van der Waals surface area contributed by atoms with Crippen LogP contribution in [0.2, 0.25) is 5.02 Å². The Balaban J connectivity index is 1.53. The van der Waals surface area contributed by atoms with E-state index in [-0.39, 0.29) is 18.4 Å². The van der Waals surface area contributed by atoms with Gasteiger partial charge in [0.1, 0.15) is 0 Å². The first-order valence-corrected chi connectivity index (χ1v) is 9.39. The summed E-state index contributed by atoms with van der Waals surface area (Å²) >= 11 is 6.01. The molecule has 0 bridgehead atoms. The van der Waals surface area contributed by atoms with Crippen molar-refractivity contribution in [2.45, 2.75) is 51.2 Å². The van der Waals surface area contributed by atoms with Crippen LogP contribution in [0.3, 0.4) is 0 Å². The van der Waals surface area contributed by atoms with Crippen LogP contribution in [0.15, 0.2) is 24.3 Å². The van der Waals surface area contributed by atoms with Gasteiger partial charge in [-0.15, -0.1) is 0 Å². The summed E-state index contributed by atoms with van der Waals surface area (Å²) in [7, 11) is 0. The standard InChI is InChI=1S/C19H23ClN2O4/c1-12(18(24)21-16-9-5-4-8-15(16)20)26-19(25)13-10-17(23)22(11-13)14-6-2-3-7-14/h4-5,8-9,12-14H,2-3,6-7,10-11H2,1H3,(H,21,24)/t12-,13+/m0/s1. The van der Waals surface area contributed by atoms with E-state index in [1.54, 1.807) is 24.3 Å². The summed E-state index contributed by atoms with van der Waals surface area (Å²) < 4.78 is 5.29. The van der Waals surface area contributed by atoms with E-state index in [4.69, 9.17) is 16.3 Å². The molecule has 26 heavy (non-hydrogen) atoms. The summed E-state index contributed by atoms with van der Waals surface area (Å²) in [5.74, 6) is -1.45. The molecule has 2 amide bonds. The first kappa shape index (κ1) is 18.7. The fraction of sp³-hybridized carbons (Fsp3) is 0.526. The molecule has 6 nitrogen and oxygen atoms in total. The molecule has 1 aliphatic carbocycles. The van der Waals surface area contributed by atoms with Crippen LogP contribution in [-0.4, -0.2) is 41.4 Å². The minimum Gasteiger partial charge on any atom is -0.452 e. The fourth-order valence-electron chi connectivity index (χ4n) is 3.58. The number of hydrogen-bond acceptors (Lipinski definition) is 4. The van der Waals surface area contributed by atoms with Gasteiger partial charge in [0.2, 0.25) is 5.91 Å². The normalized spacial score (nSPS) is 21.7. The number of hydrogen-bond donors (Lipinski definition) is 1. The molecular weight excluding hydrogens is 356 g/mol. The van der Waals surface area contributed by atoms with Gasteiger partial charge in [0.25, 0.3) is 5.91 Å². The van der Waals surface area contributed by atoms with Gasteiger partial charge in [0.05, 0.1) is 16.6 Å². The largest absolute Gasteiger partial charge is 0.452 e. The molecule has 0 spiro atoms. The number of halogens is 1. The highest BCUT2D eigenvalue weighted by Crippen LogP contribution is 2.30. The van der Waals surface area contributed by atoms with E-state index in [2.05, 4.69) is 5.32 Å². The Kier molecular flexibility index (Phi) is 5.81. The third-order valence-electron chi connectivity index (χ3n) is 5.05. The monoisotopic (exact) mass is 378 g/mol. The average molecular weight is 379 g/mol. The van der Waals surface area contributed by atoms with Crippen molar-refractivity contribution >= 4 is 35.1 Å². The van der Waals surface area contributed by atoms with E-state index in [1.807, 2.05) is 4.90 Å². The number of amides is 2. The van der Waals surface area contributed by atoms with Crippen LogP contribution in [0.25, 0.3) is 0 Å². The predicted molar refractivity (Wildman–Crippen MR) is 97.7 cm³/mol. The molecule has 1 heterocycles. The second-order valence-corrected chi connectivity index (χ2v) is 7.34. The first-order valence-electron chi connectivity index (χ1n) is 9.01. The molecule has 0 unspecified atom stereocenters. The summed E-state index contributed by atoms with van der Waals surface area (Å²) in [4.78, 5) is 38.6. The van der Waals surface area contributed by atoms with Gasteiger partial charge in [-0.2, -0.15) is 0 Å². The third-order valence-corrected chi connectivity index (χ3v) is 5.38. The molecule has 1 aromatic rings. The number of likely N-dealkylation sites (tertiary alicyclic amines) is 1. The van der Waals surface area contributed by atoms with Crippen molar-refractivity contribution in [2.24, 2.45) is 5.92 Å². The van der Waals surface area contributed by atoms with Crippen LogP contribution < -0.4 is 5.32 Å². The second-order valence-electron chi connectivity index (χ2n) is 6.93. The number of benzene rings is 1. The lowest BCUT2D eigenvalue weighted by atomic mass is 10.1. The number of esters is 1. The summed E-state index contributed by atoms with van der Waals surface area (Å²) in [5, 5.41) is 3.05. The molecule has 3 rings (SSSR count). The molecule has 2 aliphatic rings. The van der Waals surface area contributed by atoms with Crippen molar-refractivity contribution in [3.63, 3.8) is 0 Å². The van der Waals surface area contributed by atoms with Crippen LogP contribution in [0.1, 0.15) is 39.0 Å². The van der Waals surface area contributed by atoms with E-state index in [0.717, 1.165) is 25.7 Å². The molecule has 0 aromatic heterocycles. The van der Waals surface area contributed by atoms with E-state index in [0.29, 0.717) is 17.3 Å². The molecule has 1 saturated heterocycles. The number of ether oxygens (including phenoxy) is 1. The van der Waals surface area contributed by atoms with Crippen molar-refractivity contribution in [3.05, 3.63) is 29.3 Å². The topological polar surface area (TPSA) is 75.7 Å². The number of rotatable bonds is 5. The first-order chi connectivity index (χ1) is 12.5.